The zero-order valence-corrected chi connectivity index (χ0v) is 14.3. The van der Waals surface area contributed by atoms with E-state index in [1.54, 1.807) is 6.07 Å². The minimum absolute atomic E-state index is 0.0588. The zero-order valence-electron chi connectivity index (χ0n) is 14.3. The summed E-state index contributed by atoms with van der Waals surface area (Å²) in [5, 5.41) is 18.4. The van der Waals surface area contributed by atoms with Crippen molar-refractivity contribution in [2.24, 2.45) is 0 Å². The SMILES string of the molecule is N#C/C(=C\c1cn[nH]c1-c1ccccc1)C(=O)Nc1cccc(C(F)(F)F)c1. The Kier molecular flexibility index (Phi) is 5.27. The molecule has 1 amide bonds. The van der Waals surface area contributed by atoms with Crippen molar-refractivity contribution in [2.75, 3.05) is 5.32 Å². The molecule has 140 valence electrons. The first-order valence-corrected chi connectivity index (χ1v) is 8.07. The van der Waals surface area contributed by atoms with Crippen LogP contribution in [0.5, 0.6) is 0 Å². The molecule has 0 unspecified atom stereocenters. The highest BCUT2D eigenvalue weighted by Gasteiger charge is 2.30. The Labute approximate surface area is 158 Å². The molecule has 5 nitrogen and oxygen atoms in total. The molecule has 0 bridgehead atoms. The lowest BCUT2D eigenvalue weighted by molar-refractivity contribution is -0.137. The van der Waals surface area contributed by atoms with E-state index < -0.39 is 17.6 Å². The van der Waals surface area contributed by atoms with Gasteiger partial charge in [-0.05, 0) is 24.3 Å². The van der Waals surface area contributed by atoms with Crippen molar-refractivity contribution in [3.05, 3.63) is 77.5 Å². The van der Waals surface area contributed by atoms with Crippen molar-refractivity contribution in [3.63, 3.8) is 0 Å². The number of alkyl halides is 3. The standard InChI is InChI=1S/C20H13F3N4O/c21-20(22,23)16-7-4-8-17(10-16)26-19(28)14(11-24)9-15-12-25-27-18(15)13-5-2-1-3-6-13/h1-10,12H,(H,25,27)(H,26,28)/b14-9+. The number of nitrogens with zero attached hydrogens (tertiary/aromatic N) is 2. The number of anilines is 1. The number of aromatic nitrogens is 2. The number of hydrogen-bond donors (Lipinski definition) is 2. The van der Waals surface area contributed by atoms with E-state index in [0.29, 0.717) is 11.3 Å². The molecule has 3 aromatic rings. The van der Waals surface area contributed by atoms with Gasteiger partial charge in [-0.2, -0.15) is 23.5 Å². The van der Waals surface area contributed by atoms with Crippen LogP contribution in [0.3, 0.4) is 0 Å². The van der Waals surface area contributed by atoms with Crippen LogP contribution in [0.4, 0.5) is 18.9 Å². The fourth-order valence-electron chi connectivity index (χ4n) is 2.52. The van der Waals surface area contributed by atoms with Gasteiger partial charge in [0.15, 0.2) is 0 Å². The van der Waals surface area contributed by atoms with E-state index in [-0.39, 0.29) is 11.3 Å². The second-order valence-electron chi connectivity index (χ2n) is 5.77. The largest absolute Gasteiger partial charge is 0.416 e. The van der Waals surface area contributed by atoms with Crippen molar-refractivity contribution in [3.8, 4) is 17.3 Å². The molecule has 0 fully saturated rings. The number of nitrogens with one attached hydrogen (secondary N) is 2. The quantitative estimate of drug-likeness (QED) is 0.509. The van der Waals surface area contributed by atoms with Gasteiger partial charge >= 0.3 is 6.18 Å². The molecule has 0 radical (unpaired) electrons. The van der Waals surface area contributed by atoms with Crippen LogP contribution in [0.2, 0.25) is 0 Å². The van der Waals surface area contributed by atoms with Crippen molar-refractivity contribution in [2.45, 2.75) is 6.18 Å². The van der Waals surface area contributed by atoms with Crippen molar-refractivity contribution < 1.29 is 18.0 Å². The lowest BCUT2D eigenvalue weighted by atomic mass is 10.1. The number of aromatic amines is 1. The van der Waals surface area contributed by atoms with Crippen LogP contribution in [-0.4, -0.2) is 16.1 Å². The number of carbonyl (C=O) groups excluding carboxylic acids is 1. The smallest absolute Gasteiger partial charge is 0.321 e. The minimum Gasteiger partial charge on any atom is -0.321 e. The number of H-pyrrole nitrogens is 1. The average Bonchev–Trinajstić information content (AvgIpc) is 3.14. The molecule has 2 aromatic carbocycles. The fourth-order valence-corrected chi connectivity index (χ4v) is 2.52. The van der Waals surface area contributed by atoms with Gasteiger partial charge < -0.3 is 5.32 Å². The first-order chi connectivity index (χ1) is 13.4. The Morgan fingerprint density at radius 1 is 1.14 bits per heavy atom. The summed E-state index contributed by atoms with van der Waals surface area (Å²) in [5.41, 5.74) is 0.699. The molecule has 0 aliphatic rings. The number of nitriles is 1. The highest BCUT2D eigenvalue weighted by atomic mass is 19.4. The summed E-state index contributed by atoms with van der Waals surface area (Å²) in [6.07, 6.45) is -1.75. The van der Waals surface area contributed by atoms with E-state index in [9.17, 15) is 23.2 Å². The van der Waals surface area contributed by atoms with Crippen LogP contribution in [0.1, 0.15) is 11.1 Å². The van der Waals surface area contributed by atoms with Crippen molar-refractivity contribution in [1.29, 1.82) is 5.26 Å². The number of carbonyl (C=O) groups is 1. The number of benzene rings is 2. The molecule has 1 heterocycles. The van der Waals surface area contributed by atoms with Crippen LogP contribution >= 0.6 is 0 Å². The van der Waals surface area contributed by atoms with Gasteiger partial charge in [0, 0.05) is 16.8 Å². The third-order valence-corrected chi connectivity index (χ3v) is 3.84. The molecule has 2 N–H and O–H groups in total. The third-order valence-electron chi connectivity index (χ3n) is 3.84. The van der Waals surface area contributed by atoms with E-state index in [1.165, 1.54) is 24.4 Å². The van der Waals surface area contributed by atoms with Gasteiger partial charge in [-0.1, -0.05) is 36.4 Å². The topological polar surface area (TPSA) is 81.6 Å². The predicted molar refractivity (Wildman–Crippen MR) is 97.7 cm³/mol. The summed E-state index contributed by atoms with van der Waals surface area (Å²) >= 11 is 0. The fraction of sp³-hybridized carbons (Fsp3) is 0.0500. The Hall–Kier alpha value is -3.86. The number of hydrogen-bond acceptors (Lipinski definition) is 3. The lowest BCUT2D eigenvalue weighted by Gasteiger charge is -2.09. The van der Waals surface area contributed by atoms with Crippen LogP contribution < -0.4 is 5.32 Å². The van der Waals surface area contributed by atoms with Gasteiger partial charge in [0.25, 0.3) is 5.91 Å². The van der Waals surface area contributed by atoms with E-state index in [2.05, 4.69) is 15.5 Å². The Morgan fingerprint density at radius 3 is 2.57 bits per heavy atom. The molecular weight excluding hydrogens is 369 g/mol. The molecule has 8 heteroatoms. The van der Waals surface area contributed by atoms with Crippen LogP contribution in [-0.2, 0) is 11.0 Å². The summed E-state index contributed by atoms with van der Waals surface area (Å²) in [6, 6.07) is 15.1. The van der Waals surface area contributed by atoms with Gasteiger partial charge in [0.05, 0.1) is 17.5 Å². The second-order valence-corrected chi connectivity index (χ2v) is 5.77. The van der Waals surface area contributed by atoms with Gasteiger partial charge in [-0.3, -0.25) is 9.89 Å². The second kappa shape index (κ2) is 7.80. The van der Waals surface area contributed by atoms with Crippen LogP contribution in [0.15, 0.2) is 66.4 Å². The Bertz CT molecular complexity index is 1060. The summed E-state index contributed by atoms with van der Waals surface area (Å²) in [4.78, 5) is 12.4. The molecule has 0 spiro atoms. The molecular formula is C20H13F3N4O. The molecule has 3 rings (SSSR count). The molecule has 0 saturated heterocycles. The monoisotopic (exact) mass is 382 g/mol. The highest BCUT2D eigenvalue weighted by molar-refractivity contribution is 6.10. The number of amides is 1. The maximum atomic E-state index is 12.8. The number of rotatable bonds is 4. The maximum Gasteiger partial charge on any atom is 0.416 e. The van der Waals surface area contributed by atoms with Gasteiger partial charge in [0.1, 0.15) is 11.6 Å². The summed E-state index contributed by atoms with van der Waals surface area (Å²) < 4.78 is 38.4. The molecule has 0 saturated carbocycles. The van der Waals surface area contributed by atoms with Crippen molar-refractivity contribution >= 4 is 17.7 Å². The summed E-state index contributed by atoms with van der Waals surface area (Å²) in [7, 11) is 0. The minimum atomic E-state index is -4.53. The van der Waals surface area contributed by atoms with Crippen LogP contribution in [0, 0.1) is 11.3 Å². The number of halogens is 3. The lowest BCUT2D eigenvalue weighted by Crippen LogP contribution is -2.14. The molecule has 0 aliphatic heterocycles. The first-order valence-electron chi connectivity index (χ1n) is 8.07. The third kappa shape index (κ3) is 4.27. The Morgan fingerprint density at radius 2 is 1.89 bits per heavy atom. The maximum absolute atomic E-state index is 12.8. The Balaban J connectivity index is 1.86. The zero-order chi connectivity index (χ0) is 20.1. The van der Waals surface area contributed by atoms with Gasteiger partial charge in [-0.25, -0.2) is 0 Å². The normalized spacial score (nSPS) is 11.7. The molecule has 0 atom stereocenters. The van der Waals surface area contributed by atoms with E-state index in [4.69, 9.17) is 0 Å². The van der Waals surface area contributed by atoms with Gasteiger partial charge in [0.2, 0.25) is 0 Å². The molecule has 1 aromatic heterocycles. The summed E-state index contributed by atoms with van der Waals surface area (Å²) in [5.74, 6) is -0.818. The predicted octanol–water partition coefficient (Wildman–Crippen LogP) is 4.64. The highest BCUT2D eigenvalue weighted by Crippen LogP contribution is 2.31. The van der Waals surface area contributed by atoms with Crippen molar-refractivity contribution in [1.82, 2.24) is 10.2 Å². The first kappa shape index (κ1) is 18.9. The summed E-state index contributed by atoms with van der Waals surface area (Å²) in [6.45, 7) is 0. The van der Waals surface area contributed by atoms with E-state index in [0.717, 1.165) is 17.7 Å². The van der Waals surface area contributed by atoms with E-state index in [1.807, 2.05) is 30.3 Å². The molecule has 28 heavy (non-hydrogen) atoms. The van der Waals surface area contributed by atoms with E-state index >= 15 is 0 Å². The molecule has 0 aliphatic carbocycles. The van der Waals surface area contributed by atoms with Gasteiger partial charge in [-0.15, -0.1) is 0 Å². The van der Waals surface area contributed by atoms with Crippen LogP contribution in [0.25, 0.3) is 17.3 Å². The average molecular weight is 382 g/mol.